The first-order chi connectivity index (χ1) is 13.6. The summed E-state index contributed by atoms with van der Waals surface area (Å²) in [4.78, 5) is 1.76. The lowest BCUT2D eigenvalue weighted by Crippen LogP contribution is -2.35. The van der Waals surface area contributed by atoms with Crippen molar-refractivity contribution in [1.82, 2.24) is 0 Å². The first kappa shape index (κ1) is 20.8. The van der Waals surface area contributed by atoms with Crippen molar-refractivity contribution >= 4 is 17.5 Å². The normalized spacial score (nSPS) is 16.9. The van der Waals surface area contributed by atoms with Crippen molar-refractivity contribution in [3.8, 4) is 0 Å². The molecule has 150 valence electrons. The van der Waals surface area contributed by atoms with Gasteiger partial charge in [0.25, 0.3) is 0 Å². The van der Waals surface area contributed by atoms with Crippen LogP contribution in [0.3, 0.4) is 0 Å². The second kappa shape index (κ2) is 9.52. The highest BCUT2D eigenvalue weighted by Crippen LogP contribution is 2.38. The quantitative estimate of drug-likeness (QED) is 0.419. The van der Waals surface area contributed by atoms with Crippen molar-refractivity contribution in [2.45, 2.75) is 28.2 Å². The van der Waals surface area contributed by atoms with Crippen LogP contribution in [-0.4, -0.2) is 45.0 Å². The summed E-state index contributed by atoms with van der Waals surface area (Å²) in [6.45, 7) is 1.42. The first-order valence-electron chi connectivity index (χ1n) is 9.02. The molecule has 0 aliphatic carbocycles. The summed E-state index contributed by atoms with van der Waals surface area (Å²) in [5.41, 5.74) is 1.56. The molecule has 0 bridgehead atoms. The van der Waals surface area contributed by atoms with E-state index in [0.717, 1.165) is 20.9 Å². The number of benzene rings is 2. The Hall–Kier alpha value is -1.93. The summed E-state index contributed by atoms with van der Waals surface area (Å²) in [5, 5.41) is 12.4. The number of rotatable bonds is 7. The van der Waals surface area contributed by atoms with E-state index >= 15 is 0 Å². The molecule has 1 N–H and O–H groups in total. The van der Waals surface area contributed by atoms with Gasteiger partial charge in [-0.25, -0.2) is 4.39 Å². The standard InChI is InChI=1S/C21H24FNO4S/c1-25-14-20(23-24)15-3-5-18(6-4-15)28-19-12-16(11-17(22)13-19)21(26-2)7-9-27-10-8-21/h3-6,11-13,24H,7-10,14H2,1-2H3/b23-20-. The van der Waals surface area contributed by atoms with Crippen molar-refractivity contribution in [2.75, 3.05) is 34.0 Å². The van der Waals surface area contributed by atoms with Crippen LogP contribution in [0.4, 0.5) is 4.39 Å². The highest BCUT2D eigenvalue weighted by atomic mass is 32.2. The Morgan fingerprint density at radius 2 is 1.86 bits per heavy atom. The molecule has 0 unspecified atom stereocenters. The third-order valence-corrected chi connectivity index (χ3v) is 5.89. The summed E-state index contributed by atoms with van der Waals surface area (Å²) in [6.07, 6.45) is 1.41. The van der Waals surface area contributed by atoms with Crippen molar-refractivity contribution in [2.24, 2.45) is 5.16 Å². The van der Waals surface area contributed by atoms with Crippen molar-refractivity contribution in [3.05, 3.63) is 59.4 Å². The molecular formula is C21H24FNO4S. The SMILES string of the molecule is COC/C(=N/O)c1ccc(Sc2cc(F)cc(C3(OC)CCOCC3)c2)cc1. The van der Waals surface area contributed by atoms with E-state index < -0.39 is 5.60 Å². The molecular weight excluding hydrogens is 381 g/mol. The van der Waals surface area contributed by atoms with E-state index in [1.807, 2.05) is 30.3 Å². The molecule has 0 aromatic heterocycles. The van der Waals surface area contributed by atoms with Crippen LogP contribution in [0, 0.1) is 5.82 Å². The number of methoxy groups -OCH3 is 2. The maximum atomic E-state index is 14.3. The van der Waals surface area contributed by atoms with Gasteiger partial charge in [0.2, 0.25) is 0 Å². The monoisotopic (exact) mass is 405 g/mol. The maximum absolute atomic E-state index is 14.3. The second-order valence-corrected chi connectivity index (χ2v) is 7.74. The molecule has 1 fully saturated rings. The molecule has 0 saturated carbocycles. The molecule has 0 atom stereocenters. The summed E-state index contributed by atoms with van der Waals surface area (Å²) >= 11 is 1.47. The lowest BCUT2D eigenvalue weighted by Gasteiger charge is -2.36. The lowest BCUT2D eigenvalue weighted by atomic mass is 9.86. The molecule has 0 spiro atoms. The van der Waals surface area contributed by atoms with Crippen LogP contribution in [0.25, 0.3) is 0 Å². The minimum absolute atomic E-state index is 0.221. The smallest absolute Gasteiger partial charge is 0.124 e. The molecule has 0 amide bonds. The van der Waals surface area contributed by atoms with Crippen LogP contribution >= 0.6 is 11.8 Å². The van der Waals surface area contributed by atoms with Crippen LogP contribution in [0.15, 0.2) is 57.4 Å². The van der Waals surface area contributed by atoms with Crippen LogP contribution in [0.5, 0.6) is 0 Å². The fourth-order valence-electron chi connectivity index (χ4n) is 3.35. The predicted molar refractivity (Wildman–Crippen MR) is 106 cm³/mol. The molecule has 2 aromatic rings. The van der Waals surface area contributed by atoms with Gasteiger partial charge in [-0.1, -0.05) is 29.1 Å². The molecule has 1 aliphatic rings. The molecule has 28 heavy (non-hydrogen) atoms. The van der Waals surface area contributed by atoms with Crippen LogP contribution in [0.2, 0.25) is 0 Å². The van der Waals surface area contributed by atoms with E-state index in [1.165, 1.54) is 17.8 Å². The van der Waals surface area contributed by atoms with Gasteiger partial charge in [-0.2, -0.15) is 0 Å². The number of oxime groups is 1. The van der Waals surface area contributed by atoms with Crippen LogP contribution < -0.4 is 0 Å². The Balaban J connectivity index is 1.82. The number of nitrogens with zero attached hydrogens (tertiary/aromatic N) is 1. The minimum Gasteiger partial charge on any atom is -0.411 e. The van der Waals surface area contributed by atoms with Crippen molar-refractivity contribution < 1.29 is 23.8 Å². The van der Waals surface area contributed by atoms with Crippen molar-refractivity contribution in [3.63, 3.8) is 0 Å². The topological polar surface area (TPSA) is 60.3 Å². The molecule has 1 heterocycles. The van der Waals surface area contributed by atoms with Gasteiger partial charge in [-0.05, 0) is 35.9 Å². The predicted octanol–water partition coefficient (Wildman–Crippen LogP) is 4.45. The zero-order valence-electron chi connectivity index (χ0n) is 16.0. The molecule has 0 radical (unpaired) electrons. The number of halogens is 1. The fraction of sp³-hybridized carbons (Fsp3) is 0.381. The Labute approximate surface area is 168 Å². The van der Waals surface area contributed by atoms with Gasteiger partial charge in [-0.3, -0.25) is 0 Å². The van der Waals surface area contributed by atoms with Gasteiger partial charge in [0.05, 0.1) is 12.2 Å². The summed E-state index contributed by atoms with van der Waals surface area (Å²) in [5.74, 6) is -0.283. The Kier molecular flexibility index (Phi) is 7.07. The fourth-order valence-corrected chi connectivity index (χ4v) is 4.26. The molecule has 7 heteroatoms. The van der Waals surface area contributed by atoms with Gasteiger partial charge >= 0.3 is 0 Å². The van der Waals surface area contributed by atoms with E-state index in [1.54, 1.807) is 20.3 Å². The van der Waals surface area contributed by atoms with Gasteiger partial charge in [0, 0.05) is 55.6 Å². The second-order valence-electron chi connectivity index (χ2n) is 6.59. The summed E-state index contributed by atoms with van der Waals surface area (Å²) < 4.78 is 30.6. The Morgan fingerprint density at radius 3 is 2.46 bits per heavy atom. The van der Waals surface area contributed by atoms with E-state index in [4.69, 9.17) is 19.4 Å². The van der Waals surface area contributed by atoms with Crippen LogP contribution in [-0.2, 0) is 19.8 Å². The van der Waals surface area contributed by atoms with Gasteiger partial charge in [-0.15, -0.1) is 0 Å². The average molecular weight is 405 g/mol. The number of ether oxygens (including phenoxy) is 3. The minimum atomic E-state index is -0.508. The first-order valence-corrected chi connectivity index (χ1v) is 9.84. The molecule has 3 rings (SSSR count). The highest BCUT2D eigenvalue weighted by Gasteiger charge is 2.35. The number of hydrogen-bond acceptors (Lipinski definition) is 6. The van der Waals surface area contributed by atoms with E-state index in [0.29, 0.717) is 31.8 Å². The third-order valence-electron chi connectivity index (χ3n) is 4.91. The third kappa shape index (κ3) is 4.72. The lowest BCUT2D eigenvalue weighted by molar-refractivity contribution is -0.0950. The van der Waals surface area contributed by atoms with E-state index in [2.05, 4.69) is 5.16 Å². The van der Waals surface area contributed by atoms with E-state index in [-0.39, 0.29) is 12.4 Å². The maximum Gasteiger partial charge on any atom is 0.124 e. The zero-order valence-corrected chi connectivity index (χ0v) is 16.8. The number of hydrogen-bond donors (Lipinski definition) is 1. The highest BCUT2D eigenvalue weighted by molar-refractivity contribution is 7.99. The largest absolute Gasteiger partial charge is 0.411 e. The van der Waals surface area contributed by atoms with Crippen LogP contribution in [0.1, 0.15) is 24.0 Å². The Bertz CT molecular complexity index is 820. The Morgan fingerprint density at radius 1 is 1.14 bits per heavy atom. The molecule has 1 aliphatic heterocycles. The molecule has 2 aromatic carbocycles. The average Bonchev–Trinajstić information content (AvgIpc) is 2.73. The zero-order chi connectivity index (χ0) is 20.0. The van der Waals surface area contributed by atoms with Gasteiger partial charge < -0.3 is 19.4 Å². The van der Waals surface area contributed by atoms with Gasteiger partial charge in [0.15, 0.2) is 0 Å². The van der Waals surface area contributed by atoms with Crippen molar-refractivity contribution in [1.29, 1.82) is 0 Å². The summed E-state index contributed by atoms with van der Waals surface area (Å²) in [7, 11) is 3.21. The molecule has 5 nitrogen and oxygen atoms in total. The molecule has 1 saturated heterocycles. The van der Waals surface area contributed by atoms with Gasteiger partial charge in [0.1, 0.15) is 11.5 Å². The van der Waals surface area contributed by atoms with E-state index in [9.17, 15) is 4.39 Å². The summed E-state index contributed by atoms with van der Waals surface area (Å²) in [6, 6.07) is 12.6.